The van der Waals surface area contributed by atoms with Crippen molar-refractivity contribution in [3.63, 3.8) is 0 Å². The molecule has 122 valence electrons. The predicted octanol–water partition coefficient (Wildman–Crippen LogP) is 6.26. The highest BCUT2D eigenvalue weighted by molar-refractivity contribution is 5.67. The van der Waals surface area contributed by atoms with Gasteiger partial charge in [0, 0.05) is 17.9 Å². The predicted molar refractivity (Wildman–Crippen MR) is 104 cm³/mol. The minimum Gasteiger partial charge on any atom is -0.337 e. The summed E-state index contributed by atoms with van der Waals surface area (Å²) in [6.07, 6.45) is 0. The maximum Gasteiger partial charge on any atom is 0.0481 e. The minimum atomic E-state index is 0.870. The maximum atomic E-state index is 2.40. The first-order valence-electron chi connectivity index (χ1n) is 8.50. The van der Waals surface area contributed by atoms with Gasteiger partial charge >= 0.3 is 0 Å². The first-order valence-corrected chi connectivity index (χ1v) is 8.50. The Morgan fingerprint density at radius 1 is 0.667 bits per heavy atom. The third-order valence-corrected chi connectivity index (χ3v) is 4.62. The van der Waals surface area contributed by atoms with Crippen LogP contribution in [0.5, 0.6) is 0 Å². The molecule has 0 spiro atoms. The van der Waals surface area contributed by atoms with E-state index in [9.17, 15) is 0 Å². The van der Waals surface area contributed by atoms with Crippen LogP contribution in [0.1, 0.15) is 27.8 Å². The lowest BCUT2D eigenvalue weighted by atomic mass is 10.0. The molecule has 0 bridgehead atoms. The van der Waals surface area contributed by atoms with Gasteiger partial charge in [-0.05, 0) is 68.1 Å². The van der Waals surface area contributed by atoms with Crippen LogP contribution in [0.4, 0.5) is 11.4 Å². The van der Waals surface area contributed by atoms with Crippen molar-refractivity contribution >= 4 is 11.4 Å². The van der Waals surface area contributed by atoms with Crippen molar-refractivity contribution in [2.24, 2.45) is 0 Å². The van der Waals surface area contributed by atoms with E-state index in [2.05, 4.69) is 99.3 Å². The summed E-state index contributed by atoms with van der Waals surface area (Å²) in [4.78, 5) is 2.40. The molecule has 3 aromatic rings. The van der Waals surface area contributed by atoms with Gasteiger partial charge in [0.05, 0.1) is 0 Å². The molecule has 0 amide bonds. The zero-order valence-electron chi connectivity index (χ0n) is 15.0. The van der Waals surface area contributed by atoms with Crippen LogP contribution in [-0.4, -0.2) is 0 Å². The molecular formula is C23H25N. The van der Waals surface area contributed by atoms with Crippen LogP contribution in [0, 0.1) is 27.7 Å². The van der Waals surface area contributed by atoms with Crippen LogP contribution >= 0.6 is 0 Å². The van der Waals surface area contributed by atoms with Crippen molar-refractivity contribution in [3.8, 4) is 0 Å². The van der Waals surface area contributed by atoms with Crippen molar-refractivity contribution < 1.29 is 0 Å². The molecule has 0 heterocycles. The molecule has 3 rings (SSSR count). The Morgan fingerprint density at radius 3 is 2.08 bits per heavy atom. The molecule has 0 aliphatic rings. The zero-order chi connectivity index (χ0) is 17.1. The van der Waals surface area contributed by atoms with Crippen LogP contribution in [0.2, 0.25) is 0 Å². The van der Waals surface area contributed by atoms with Crippen LogP contribution in [-0.2, 0) is 6.54 Å². The van der Waals surface area contributed by atoms with Crippen LogP contribution in [0.25, 0.3) is 0 Å². The van der Waals surface area contributed by atoms with E-state index in [4.69, 9.17) is 0 Å². The van der Waals surface area contributed by atoms with Gasteiger partial charge in [-0.25, -0.2) is 0 Å². The van der Waals surface area contributed by atoms with Crippen molar-refractivity contribution in [2.45, 2.75) is 34.2 Å². The average molecular weight is 315 g/mol. The minimum absolute atomic E-state index is 0.870. The highest BCUT2D eigenvalue weighted by atomic mass is 15.1. The number of nitrogens with zero attached hydrogens (tertiary/aromatic N) is 1. The van der Waals surface area contributed by atoms with Crippen molar-refractivity contribution in [1.82, 2.24) is 0 Å². The molecule has 0 aliphatic carbocycles. The molecule has 0 saturated heterocycles. The normalized spacial score (nSPS) is 10.7. The quantitative estimate of drug-likeness (QED) is 0.549. The summed E-state index contributed by atoms with van der Waals surface area (Å²) in [5.41, 5.74) is 9.13. The Bertz CT molecular complexity index is 834. The Kier molecular flexibility index (Phi) is 4.71. The Morgan fingerprint density at radius 2 is 1.42 bits per heavy atom. The molecular weight excluding hydrogens is 290 g/mol. The largest absolute Gasteiger partial charge is 0.337 e. The number of benzene rings is 3. The van der Waals surface area contributed by atoms with E-state index in [1.165, 1.54) is 39.2 Å². The second-order valence-electron chi connectivity index (χ2n) is 6.63. The topological polar surface area (TPSA) is 3.24 Å². The van der Waals surface area contributed by atoms with Crippen LogP contribution in [0.3, 0.4) is 0 Å². The smallest absolute Gasteiger partial charge is 0.0481 e. The molecule has 0 unspecified atom stereocenters. The van der Waals surface area contributed by atoms with E-state index in [-0.39, 0.29) is 0 Å². The monoisotopic (exact) mass is 315 g/mol. The van der Waals surface area contributed by atoms with Gasteiger partial charge in [0.2, 0.25) is 0 Å². The average Bonchev–Trinajstić information content (AvgIpc) is 2.57. The van der Waals surface area contributed by atoms with Crippen LogP contribution < -0.4 is 4.90 Å². The van der Waals surface area contributed by atoms with E-state index in [1.54, 1.807) is 0 Å². The molecule has 0 aliphatic heterocycles. The number of hydrogen-bond donors (Lipinski definition) is 0. The highest BCUT2D eigenvalue weighted by Crippen LogP contribution is 2.31. The van der Waals surface area contributed by atoms with E-state index < -0.39 is 0 Å². The fourth-order valence-electron chi connectivity index (χ4n) is 3.12. The lowest BCUT2D eigenvalue weighted by molar-refractivity contribution is 0.964. The molecule has 0 N–H and O–H groups in total. The van der Waals surface area contributed by atoms with Gasteiger partial charge in [0.1, 0.15) is 0 Å². The summed E-state index contributed by atoms with van der Waals surface area (Å²) in [5, 5.41) is 0. The highest BCUT2D eigenvalue weighted by Gasteiger charge is 2.13. The summed E-state index contributed by atoms with van der Waals surface area (Å²) >= 11 is 0. The molecule has 1 nitrogen and oxygen atoms in total. The lowest BCUT2D eigenvalue weighted by Gasteiger charge is -2.27. The molecule has 3 aromatic carbocycles. The summed E-state index contributed by atoms with van der Waals surface area (Å²) in [7, 11) is 0. The van der Waals surface area contributed by atoms with Gasteiger partial charge < -0.3 is 4.90 Å². The fourth-order valence-corrected chi connectivity index (χ4v) is 3.12. The molecule has 0 aromatic heterocycles. The maximum absolute atomic E-state index is 2.40. The number of para-hydroxylation sites is 1. The summed E-state index contributed by atoms with van der Waals surface area (Å²) in [6, 6.07) is 24.1. The van der Waals surface area contributed by atoms with Gasteiger partial charge in [-0.3, -0.25) is 0 Å². The summed E-state index contributed by atoms with van der Waals surface area (Å²) in [5.74, 6) is 0. The third kappa shape index (κ3) is 3.51. The van der Waals surface area contributed by atoms with Gasteiger partial charge in [-0.15, -0.1) is 0 Å². The SMILES string of the molecule is Cc1ccc(N(Cc2ccc(C)c(C)c2)c2ccccc2)c(C)c1. The third-order valence-electron chi connectivity index (χ3n) is 4.62. The number of aryl methyl sites for hydroxylation is 4. The van der Waals surface area contributed by atoms with Crippen molar-refractivity contribution in [3.05, 3.63) is 94.5 Å². The number of rotatable bonds is 4. The van der Waals surface area contributed by atoms with E-state index in [0.29, 0.717) is 0 Å². The fraction of sp³-hybridized carbons (Fsp3) is 0.217. The van der Waals surface area contributed by atoms with Gasteiger partial charge in [0.25, 0.3) is 0 Å². The standard InChI is InChI=1S/C23H25N/c1-17-10-13-23(20(4)14-17)24(22-8-6-5-7-9-22)16-21-12-11-18(2)19(3)15-21/h5-15H,16H2,1-4H3. The molecule has 0 atom stereocenters. The summed E-state index contributed by atoms with van der Waals surface area (Å²) in [6.45, 7) is 9.56. The van der Waals surface area contributed by atoms with Gasteiger partial charge in [0.15, 0.2) is 0 Å². The molecule has 0 saturated carbocycles. The second-order valence-corrected chi connectivity index (χ2v) is 6.63. The lowest BCUT2D eigenvalue weighted by Crippen LogP contribution is -2.17. The number of anilines is 2. The van der Waals surface area contributed by atoms with E-state index >= 15 is 0 Å². The summed E-state index contributed by atoms with van der Waals surface area (Å²) < 4.78 is 0. The molecule has 1 heteroatoms. The number of hydrogen-bond acceptors (Lipinski definition) is 1. The van der Waals surface area contributed by atoms with E-state index in [0.717, 1.165) is 6.54 Å². The van der Waals surface area contributed by atoms with Gasteiger partial charge in [-0.2, -0.15) is 0 Å². The first-order chi connectivity index (χ1) is 11.5. The second kappa shape index (κ2) is 6.92. The molecule has 0 radical (unpaired) electrons. The van der Waals surface area contributed by atoms with Crippen LogP contribution in [0.15, 0.2) is 66.7 Å². The first kappa shape index (κ1) is 16.3. The van der Waals surface area contributed by atoms with Crippen molar-refractivity contribution in [1.29, 1.82) is 0 Å². The Balaban J connectivity index is 2.03. The Labute approximate surface area is 145 Å². The molecule has 0 fully saturated rings. The van der Waals surface area contributed by atoms with Gasteiger partial charge in [-0.1, -0.05) is 54.1 Å². The zero-order valence-corrected chi connectivity index (χ0v) is 15.0. The van der Waals surface area contributed by atoms with Crippen molar-refractivity contribution in [2.75, 3.05) is 4.90 Å². The Hall–Kier alpha value is -2.54. The molecule has 24 heavy (non-hydrogen) atoms. The van der Waals surface area contributed by atoms with E-state index in [1.807, 2.05) is 0 Å².